The Morgan fingerprint density at radius 3 is 2.57 bits per heavy atom. The van der Waals surface area contributed by atoms with Gasteiger partial charge in [-0.15, -0.1) is 11.8 Å². The molecule has 0 atom stereocenters. The van der Waals surface area contributed by atoms with Gasteiger partial charge in [-0.25, -0.2) is 9.98 Å². The van der Waals surface area contributed by atoms with E-state index in [9.17, 15) is 4.79 Å². The minimum absolute atomic E-state index is 0.137. The van der Waals surface area contributed by atoms with E-state index in [0.717, 1.165) is 33.4 Å². The van der Waals surface area contributed by atoms with Gasteiger partial charge in [0.1, 0.15) is 0 Å². The fourth-order valence-electron chi connectivity index (χ4n) is 2.98. The molecule has 0 saturated carbocycles. The number of pyridine rings is 1. The molecule has 1 aliphatic rings. The Balaban J connectivity index is 1.51. The fourth-order valence-corrected chi connectivity index (χ4v) is 4.03. The molecule has 30 heavy (non-hydrogen) atoms. The van der Waals surface area contributed by atoms with E-state index in [1.807, 2.05) is 67.6 Å². The molecule has 1 N–H and O–H groups in total. The molecule has 7 heteroatoms. The summed E-state index contributed by atoms with van der Waals surface area (Å²) in [6.45, 7) is 1.95. The van der Waals surface area contributed by atoms with E-state index in [-0.39, 0.29) is 11.7 Å². The van der Waals surface area contributed by atoms with Crippen LogP contribution in [0.3, 0.4) is 0 Å². The Labute approximate surface area is 184 Å². The number of thioether (sulfide) groups is 1. The molecule has 2 aromatic carbocycles. The van der Waals surface area contributed by atoms with Gasteiger partial charge in [-0.1, -0.05) is 35.9 Å². The molecule has 2 heterocycles. The average Bonchev–Trinajstić information content (AvgIpc) is 2.94. The van der Waals surface area contributed by atoms with Gasteiger partial charge >= 0.3 is 0 Å². The zero-order chi connectivity index (χ0) is 20.9. The number of hydrogen-bond donors (Lipinski definition) is 1. The SMILES string of the molecule is Cc1ccc(NC(=O)CSC2=Nc3ccccc3N=C(c3ccccn3)C2)c(Cl)c1. The monoisotopic (exact) mass is 434 g/mol. The molecule has 0 spiro atoms. The number of aliphatic imine (C=N–C) groups is 2. The molecule has 0 unspecified atom stereocenters. The van der Waals surface area contributed by atoms with Crippen LogP contribution in [-0.4, -0.2) is 27.4 Å². The van der Waals surface area contributed by atoms with E-state index in [4.69, 9.17) is 21.6 Å². The quantitative estimate of drug-likeness (QED) is 0.550. The highest BCUT2D eigenvalue weighted by molar-refractivity contribution is 8.14. The first-order valence-corrected chi connectivity index (χ1v) is 10.8. The smallest absolute Gasteiger partial charge is 0.234 e. The van der Waals surface area contributed by atoms with Crippen LogP contribution < -0.4 is 5.32 Å². The Kier molecular flexibility index (Phi) is 6.26. The highest BCUT2D eigenvalue weighted by Crippen LogP contribution is 2.33. The standard InChI is InChI=1S/C23H19ClN4OS/c1-15-9-10-17(16(24)12-15)27-22(29)14-30-23-13-21(18-6-4-5-11-25-18)26-19-7-2-3-8-20(19)28-23/h2-12H,13-14H2,1H3,(H,27,29). The van der Waals surface area contributed by atoms with Crippen LogP contribution in [0, 0.1) is 6.92 Å². The number of aryl methyl sites for hydroxylation is 1. The predicted molar refractivity (Wildman–Crippen MR) is 126 cm³/mol. The van der Waals surface area contributed by atoms with Crippen molar-refractivity contribution in [2.75, 3.05) is 11.1 Å². The zero-order valence-corrected chi connectivity index (χ0v) is 17.9. The lowest BCUT2D eigenvalue weighted by molar-refractivity contribution is -0.113. The molecule has 5 nitrogen and oxygen atoms in total. The van der Waals surface area contributed by atoms with Gasteiger partial charge in [0.15, 0.2) is 0 Å². The molecule has 0 aliphatic carbocycles. The van der Waals surface area contributed by atoms with Gasteiger partial charge < -0.3 is 5.32 Å². The fraction of sp³-hybridized carbons (Fsp3) is 0.130. The van der Waals surface area contributed by atoms with Crippen molar-refractivity contribution in [3.8, 4) is 0 Å². The number of nitrogens with zero attached hydrogens (tertiary/aromatic N) is 3. The molecular formula is C23H19ClN4OS. The first-order valence-electron chi connectivity index (χ1n) is 9.43. The molecular weight excluding hydrogens is 416 g/mol. The summed E-state index contributed by atoms with van der Waals surface area (Å²) in [6, 6.07) is 19.0. The third-order valence-corrected chi connectivity index (χ3v) is 5.72. The molecule has 0 bridgehead atoms. The number of carbonyl (C=O) groups is 1. The molecule has 150 valence electrons. The van der Waals surface area contributed by atoms with E-state index >= 15 is 0 Å². The number of fused-ring (bicyclic) bond motifs is 1. The summed E-state index contributed by atoms with van der Waals surface area (Å²) in [5.74, 6) is 0.0862. The van der Waals surface area contributed by atoms with Crippen molar-refractivity contribution in [1.82, 2.24) is 4.98 Å². The molecule has 4 rings (SSSR count). The number of benzene rings is 2. The minimum atomic E-state index is -0.137. The lowest BCUT2D eigenvalue weighted by atomic mass is 10.2. The van der Waals surface area contributed by atoms with Gasteiger partial charge in [0.05, 0.1) is 44.3 Å². The van der Waals surface area contributed by atoms with Crippen LogP contribution in [0.4, 0.5) is 17.1 Å². The van der Waals surface area contributed by atoms with Crippen LogP contribution in [0.5, 0.6) is 0 Å². The number of aromatic nitrogens is 1. The second-order valence-corrected chi connectivity index (χ2v) is 8.22. The van der Waals surface area contributed by atoms with Crippen LogP contribution >= 0.6 is 23.4 Å². The summed E-state index contributed by atoms with van der Waals surface area (Å²) in [4.78, 5) is 26.5. The first-order chi connectivity index (χ1) is 14.6. The second-order valence-electron chi connectivity index (χ2n) is 6.76. The van der Waals surface area contributed by atoms with Crippen LogP contribution in [0.2, 0.25) is 5.02 Å². The van der Waals surface area contributed by atoms with Gasteiger partial charge in [-0.2, -0.15) is 0 Å². The minimum Gasteiger partial charge on any atom is -0.324 e. The molecule has 1 aliphatic heterocycles. The number of amides is 1. The molecule has 1 aromatic heterocycles. The Morgan fingerprint density at radius 2 is 1.83 bits per heavy atom. The molecule has 1 amide bonds. The zero-order valence-electron chi connectivity index (χ0n) is 16.3. The molecule has 3 aromatic rings. The molecule has 0 fully saturated rings. The first kappa shape index (κ1) is 20.3. The summed E-state index contributed by atoms with van der Waals surface area (Å²) in [5, 5.41) is 4.21. The van der Waals surface area contributed by atoms with Gasteiger partial charge in [0.2, 0.25) is 5.91 Å². The normalized spacial score (nSPS) is 13.0. The Hall–Kier alpha value is -2.96. The lowest BCUT2D eigenvalue weighted by Gasteiger charge is -2.09. The largest absolute Gasteiger partial charge is 0.324 e. The third kappa shape index (κ3) is 4.96. The number of carbonyl (C=O) groups excluding carboxylic acids is 1. The summed E-state index contributed by atoms with van der Waals surface area (Å²) in [7, 11) is 0. The van der Waals surface area contributed by atoms with Crippen molar-refractivity contribution in [2.24, 2.45) is 9.98 Å². The van der Waals surface area contributed by atoms with Crippen LogP contribution in [0.1, 0.15) is 17.7 Å². The van der Waals surface area contributed by atoms with Crippen molar-refractivity contribution in [2.45, 2.75) is 13.3 Å². The second kappa shape index (κ2) is 9.24. The van der Waals surface area contributed by atoms with Crippen molar-refractivity contribution in [3.05, 3.63) is 83.1 Å². The number of hydrogen-bond acceptors (Lipinski definition) is 5. The summed E-state index contributed by atoms with van der Waals surface area (Å²) >= 11 is 7.61. The number of nitrogens with one attached hydrogen (secondary N) is 1. The van der Waals surface area contributed by atoms with E-state index < -0.39 is 0 Å². The maximum absolute atomic E-state index is 12.5. The van der Waals surface area contributed by atoms with E-state index in [1.165, 1.54) is 11.8 Å². The van der Waals surface area contributed by atoms with Crippen LogP contribution in [-0.2, 0) is 4.79 Å². The summed E-state index contributed by atoms with van der Waals surface area (Å²) in [5.41, 5.74) is 4.86. The van der Waals surface area contributed by atoms with Crippen molar-refractivity contribution in [1.29, 1.82) is 0 Å². The number of halogens is 1. The molecule has 0 saturated heterocycles. The van der Waals surface area contributed by atoms with Crippen molar-refractivity contribution in [3.63, 3.8) is 0 Å². The Bertz CT molecular complexity index is 1140. The van der Waals surface area contributed by atoms with E-state index in [2.05, 4.69) is 10.3 Å². The van der Waals surface area contributed by atoms with Gasteiger partial charge in [-0.3, -0.25) is 9.78 Å². The van der Waals surface area contributed by atoms with Gasteiger partial charge in [0.25, 0.3) is 0 Å². The summed E-state index contributed by atoms with van der Waals surface area (Å²) < 4.78 is 0. The third-order valence-electron chi connectivity index (χ3n) is 4.43. The maximum Gasteiger partial charge on any atom is 0.234 e. The topological polar surface area (TPSA) is 66.7 Å². The number of rotatable bonds is 4. The number of anilines is 1. The van der Waals surface area contributed by atoms with Crippen LogP contribution in [0.25, 0.3) is 0 Å². The molecule has 0 radical (unpaired) electrons. The van der Waals surface area contributed by atoms with Gasteiger partial charge in [-0.05, 0) is 48.9 Å². The van der Waals surface area contributed by atoms with Crippen LogP contribution in [0.15, 0.2) is 76.8 Å². The average molecular weight is 435 g/mol. The highest BCUT2D eigenvalue weighted by atomic mass is 35.5. The highest BCUT2D eigenvalue weighted by Gasteiger charge is 2.17. The number of para-hydroxylation sites is 2. The maximum atomic E-state index is 12.5. The van der Waals surface area contributed by atoms with Crippen molar-refractivity contribution >= 4 is 57.1 Å². The Morgan fingerprint density at radius 1 is 1.07 bits per heavy atom. The van der Waals surface area contributed by atoms with E-state index in [1.54, 1.807) is 6.20 Å². The summed E-state index contributed by atoms with van der Waals surface area (Å²) in [6.07, 6.45) is 2.26. The van der Waals surface area contributed by atoms with Gasteiger partial charge in [0, 0.05) is 12.6 Å². The van der Waals surface area contributed by atoms with E-state index in [0.29, 0.717) is 17.1 Å². The van der Waals surface area contributed by atoms with Crippen molar-refractivity contribution < 1.29 is 4.79 Å². The lowest BCUT2D eigenvalue weighted by Crippen LogP contribution is -2.16. The predicted octanol–water partition coefficient (Wildman–Crippen LogP) is 5.97.